The Morgan fingerprint density at radius 2 is 1.95 bits per heavy atom. The van der Waals surface area contributed by atoms with Crippen LogP contribution in [0, 0.1) is 0 Å². The number of rotatable bonds is 4. The van der Waals surface area contributed by atoms with Crippen molar-refractivity contribution in [3.05, 3.63) is 52.1 Å². The number of hydrogen-bond acceptors (Lipinski definition) is 4. The van der Waals surface area contributed by atoms with Crippen molar-refractivity contribution in [2.24, 2.45) is 0 Å². The number of benzene rings is 1. The molecule has 0 atom stereocenters. The van der Waals surface area contributed by atoms with Crippen molar-refractivity contribution < 1.29 is 8.42 Å². The maximum Gasteiger partial charge on any atom is 0.244 e. The van der Waals surface area contributed by atoms with E-state index in [0.717, 1.165) is 0 Å². The summed E-state index contributed by atoms with van der Waals surface area (Å²) in [4.78, 5) is 3.87. The van der Waals surface area contributed by atoms with Crippen LogP contribution in [-0.4, -0.2) is 24.8 Å². The van der Waals surface area contributed by atoms with E-state index in [-0.39, 0.29) is 17.3 Å². The fourth-order valence-corrected chi connectivity index (χ4v) is 3.26. The number of aromatic nitrogens is 1. The van der Waals surface area contributed by atoms with Gasteiger partial charge in [0, 0.05) is 29.8 Å². The number of anilines is 1. The maximum absolute atomic E-state index is 12.4. The lowest BCUT2D eigenvalue weighted by molar-refractivity contribution is 0.466. The SMILES string of the molecule is CN(Cc1ccc(Cl)cc1Cl)S(=O)(=O)c1ccc(N)nc1. The number of sulfonamides is 1. The summed E-state index contributed by atoms with van der Waals surface area (Å²) < 4.78 is 26.0. The second-order valence-corrected chi connectivity index (χ2v) is 7.30. The fourth-order valence-electron chi connectivity index (χ4n) is 1.70. The third-order valence-corrected chi connectivity index (χ3v) is 5.25. The minimum atomic E-state index is -3.66. The molecule has 0 bridgehead atoms. The first-order valence-corrected chi connectivity index (χ1v) is 8.12. The van der Waals surface area contributed by atoms with Crippen LogP contribution in [0.1, 0.15) is 5.56 Å². The molecule has 21 heavy (non-hydrogen) atoms. The molecule has 0 amide bonds. The summed E-state index contributed by atoms with van der Waals surface area (Å²) >= 11 is 11.9. The lowest BCUT2D eigenvalue weighted by Gasteiger charge is -2.18. The van der Waals surface area contributed by atoms with Gasteiger partial charge in [0.2, 0.25) is 10.0 Å². The molecule has 5 nitrogen and oxygen atoms in total. The van der Waals surface area contributed by atoms with Crippen LogP contribution in [0.3, 0.4) is 0 Å². The van der Waals surface area contributed by atoms with Gasteiger partial charge in [0.25, 0.3) is 0 Å². The molecule has 0 aliphatic heterocycles. The molecule has 2 rings (SSSR count). The van der Waals surface area contributed by atoms with Gasteiger partial charge >= 0.3 is 0 Å². The molecule has 0 aliphatic rings. The summed E-state index contributed by atoms with van der Waals surface area (Å²) in [7, 11) is -2.19. The van der Waals surface area contributed by atoms with E-state index >= 15 is 0 Å². The van der Waals surface area contributed by atoms with Crippen LogP contribution >= 0.6 is 23.2 Å². The van der Waals surface area contributed by atoms with Gasteiger partial charge in [0.15, 0.2) is 0 Å². The lowest BCUT2D eigenvalue weighted by Crippen LogP contribution is -2.26. The molecule has 0 radical (unpaired) electrons. The molecule has 1 aromatic heterocycles. The molecule has 0 aliphatic carbocycles. The predicted octanol–water partition coefficient (Wildman–Crippen LogP) is 2.79. The Hall–Kier alpha value is -1.34. The second kappa shape index (κ2) is 6.19. The van der Waals surface area contributed by atoms with Gasteiger partial charge in [-0.15, -0.1) is 0 Å². The van der Waals surface area contributed by atoms with E-state index in [1.54, 1.807) is 18.2 Å². The van der Waals surface area contributed by atoms with Gasteiger partial charge in [-0.3, -0.25) is 0 Å². The maximum atomic E-state index is 12.4. The summed E-state index contributed by atoms with van der Waals surface area (Å²) in [5.74, 6) is 0.261. The van der Waals surface area contributed by atoms with Crippen molar-refractivity contribution >= 4 is 39.0 Å². The number of hydrogen-bond donors (Lipinski definition) is 1. The van der Waals surface area contributed by atoms with E-state index in [1.807, 2.05) is 0 Å². The zero-order chi connectivity index (χ0) is 15.6. The third kappa shape index (κ3) is 3.65. The molecule has 2 N–H and O–H groups in total. The van der Waals surface area contributed by atoms with E-state index < -0.39 is 10.0 Å². The molecule has 0 fully saturated rings. The van der Waals surface area contributed by atoms with Crippen molar-refractivity contribution in [3.8, 4) is 0 Å². The molecule has 2 aromatic rings. The summed E-state index contributed by atoms with van der Waals surface area (Å²) in [5.41, 5.74) is 6.12. The average Bonchev–Trinajstić information content (AvgIpc) is 2.42. The van der Waals surface area contributed by atoms with Crippen LogP contribution in [0.25, 0.3) is 0 Å². The standard InChI is InChI=1S/C13H13Cl2N3O2S/c1-18(8-9-2-3-10(14)6-12(9)15)21(19,20)11-4-5-13(16)17-7-11/h2-7H,8H2,1H3,(H2,16,17). The number of halogens is 2. The van der Waals surface area contributed by atoms with Crippen LogP contribution in [-0.2, 0) is 16.6 Å². The molecular formula is C13H13Cl2N3O2S. The van der Waals surface area contributed by atoms with Crippen LogP contribution in [0.2, 0.25) is 10.0 Å². The highest BCUT2D eigenvalue weighted by Gasteiger charge is 2.22. The number of nitrogens with zero attached hydrogens (tertiary/aromatic N) is 2. The van der Waals surface area contributed by atoms with Crippen LogP contribution < -0.4 is 5.73 Å². The monoisotopic (exact) mass is 345 g/mol. The second-order valence-electron chi connectivity index (χ2n) is 4.42. The number of nitrogen functional groups attached to an aromatic ring is 1. The number of nitrogens with two attached hydrogens (primary N) is 1. The van der Waals surface area contributed by atoms with E-state index in [9.17, 15) is 8.42 Å². The van der Waals surface area contributed by atoms with E-state index in [1.165, 1.54) is 29.7 Å². The molecule has 112 valence electrons. The number of pyridine rings is 1. The highest BCUT2D eigenvalue weighted by Crippen LogP contribution is 2.24. The van der Waals surface area contributed by atoms with Gasteiger partial charge in [-0.1, -0.05) is 29.3 Å². The predicted molar refractivity (Wildman–Crippen MR) is 83.8 cm³/mol. The largest absolute Gasteiger partial charge is 0.384 e. The van der Waals surface area contributed by atoms with Gasteiger partial charge in [-0.05, 0) is 29.8 Å². The van der Waals surface area contributed by atoms with Crippen LogP contribution in [0.5, 0.6) is 0 Å². The Bertz CT molecular complexity index is 749. The van der Waals surface area contributed by atoms with Gasteiger partial charge in [0.1, 0.15) is 10.7 Å². The Morgan fingerprint density at radius 1 is 1.24 bits per heavy atom. The third-order valence-electron chi connectivity index (χ3n) is 2.88. The smallest absolute Gasteiger partial charge is 0.244 e. The van der Waals surface area contributed by atoms with Crippen molar-refractivity contribution in [2.75, 3.05) is 12.8 Å². The minimum absolute atomic E-state index is 0.0734. The van der Waals surface area contributed by atoms with Crippen molar-refractivity contribution in [2.45, 2.75) is 11.4 Å². The quantitative estimate of drug-likeness (QED) is 0.924. The first kappa shape index (κ1) is 16.0. The highest BCUT2D eigenvalue weighted by atomic mass is 35.5. The van der Waals surface area contributed by atoms with Gasteiger partial charge < -0.3 is 5.73 Å². The fraction of sp³-hybridized carbons (Fsp3) is 0.154. The Balaban J connectivity index is 2.26. The van der Waals surface area contributed by atoms with Gasteiger partial charge in [-0.2, -0.15) is 4.31 Å². The summed E-state index contributed by atoms with van der Waals surface area (Å²) in [5, 5.41) is 0.914. The zero-order valence-electron chi connectivity index (χ0n) is 11.1. The first-order chi connectivity index (χ1) is 9.80. The summed E-state index contributed by atoms with van der Waals surface area (Å²) in [6.45, 7) is 0.128. The molecule has 1 aromatic carbocycles. The topological polar surface area (TPSA) is 76.3 Å². The molecule has 8 heteroatoms. The van der Waals surface area contributed by atoms with Gasteiger partial charge in [-0.25, -0.2) is 13.4 Å². The lowest BCUT2D eigenvalue weighted by atomic mass is 10.2. The summed E-state index contributed by atoms with van der Waals surface area (Å²) in [6, 6.07) is 7.78. The van der Waals surface area contributed by atoms with Crippen LogP contribution in [0.4, 0.5) is 5.82 Å². The molecule has 0 saturated heterocycles. The Kier molecular flexibility index (Phi) is 4.73. The molecule has 1 heterocycles. The van der Waals surface area contributed by atoms with Crippen molar-refractivity contribution in [1.29, 1.82) is 0 Å². The molecule has 0 spiro atoms. The van der Waals surface area contributed by atoms with Crippen molar-refractivity contribution in [3.63, 3.8) is 0 Å². The summed E-state index contributed by atoms with van der Waals surface area (Å²) in [6.07, 6.45) is 1.23. The Labute approximate surface area is 133 Å². The molecule has 0 saturated carbocycles. The highest BCUT2D eigenvalue weighted by molar-refractivity contribution is 7.89. The molecular weight excluding hydrogens is 333 g/mol. The van der Waals surface area contributed by atoms with E-state index in [4.69, 9.17) is 28.9 Å². The van der Waals surface area contributed by atoms with E-state index in [2.05, 4.69) is 4.98 Å². The van der Waals surface area contributed by atoms with E-state index in [0.29, 0.717) is 15.6 Å². The van der Waals surface area contributed by atoms with Crippen molar-refractivity contribution in [1.82, 2.24) is 9.29 Å². The Morgan fingerprint density at radius 3 is 2.52 bits per heavy atom. The normalized spacial score (nSPS) is 11.8. The minimum Gasteiger partial charge on any atom is -0.384 e. The zero-order valence-corrected chi connectivity index (χ0v) is 13.5. The van der Waals surface area contributed by atoms with Crippen LogP contribution in [0.15, 0.2) is 41.4 Å². The first-order valence-electron chi connectivity index (χ1n) is 5.92. The van der Waals surface area contributed by atoms with Gasteiger partial charge in [0.05, 0.1) is 0 Å². The molecule has 0 unspecified atom stereocenters. The average molecular weight is 346 g/mol.